The van der Waals surface area contributed by atoms with E-state index < -0.39 is 10.0 Å². The summed E-state index contributed by atoms with van der Waals surface area (Å²) in [5, 5.41) is 1.72. The minimum absolute atomic E-state index is 0.127. The van der Waals surface area contributed by atoms with Crippen molar-refractivity contribution in [1.82, 2.24) is 4.72 Å². The minimum Gasteiger partial charge on any atom is -0.486 e. The fraction of sp³-hybridized carbons (Fsp3) is 0.176. The Bertz CT molecular complexity index is 834. The summed E-state index contributed by atoms with van der Waals surface area (Å²) in [6.45, 7) is 0.419. The number of ether oxygens (including phenoxy) is 2. The molecule has 2 aromatic carbocycles. The van der Waals surface area contributed by atoms with Crippen molar-refractivity contribution in [3.8, 4) is 11.5 Å². The molecule has 0 aromatic heterocycles. The van der Waals surface area contributed by atoms with Crippen molar-refractivity contribution in [2.75, 3.05) is 13.2 Å². The lowest BCUT2D eigenvalue weighted by Crippen LogP contribution is -2.40. The minimum atomic E-state index is -3.57. The standard InChI is InChI=1S/C17H16ClNO4S/c18-14-7-5-13(6-8-14)9-10-24(20,21)19-11-15-12-22-16-3-1-2-4-17(16)23-15/h1-10,15,19H,11-12H2. The normalized spacial score (nSPS) is 17.1. The Morgan fingerprint density at radius 3 is 2.58 bits per heavy atom. The zero-order chi connectivity index (χ0) is 17.0. The lowest BCUT2D eigenvalue weighted by atomic mass is 10.2. The SMILES string of the molecule is O=S(=O)(C=Cc1ccc(Cl)cc1)NCC1COc2ccccc2O1. The fourth-order valence-corrected chi connectivity index (χ4v) is 3.14. The number of sulfonamides is 1. The number of hydrogen-bond acceptors (Lipinski definition) is 4. The van der Waals surface area contributed by atoms with Crippen LogP contribution in [0.4, 0.5) is 0 Å². The molecule has 1 aliphatic heterocycles. The second kappa shape index (κ2) is 7.25. The Morgan fingerprint density at radius 2 is 1.83 bits per heavy atom. The largest absolute Gasteiger partial charge is 0.486 e. The molecule has 1 aliphatic rings. The van der Waals surface area contributed by atoms with E-state index in [0.29, 0.717) is 23.1 Å². The topological polar surface area (TPSA) is 64.6 Å². The van der Waals surface area contributed by atoms with Crippen LogP contribution in [0.15, 0.2) is 53.9 Å². The molecule has 1 atom stereocenters. The van der Waals surface area contributed by atoms with Gasteiger partial charge in [0, 0.05) is 10.4 Å². The zero-order valence-electron chi connectivity index (χ0n) is 12.7. The molecule has 3 rings (SSSR count). The van der Waals surface area contributed by atoms with E-state index in [9.17, 15) is 8.42 Å². The first kappa shape index (κ1) is 16.8. The van der Waals surface area contributed by atoms with E-state index in [0.717, 1.165) is 11.0 Å². The van der Waals surface area contributed by atoms with E-state index in [2.05, 4.69) is 4.72 Å². The van der Waals surface area contributed by atoms with Gasteiger partial charge in [-0.3, -0.25) is 0 Å². The maximum atomic E-state index is 12.0. The first-order valence-corrected chi connectivity index (χ1v) is 9.26. The summed E-state index contributed by atoms with van der Waals surface area (Å²) in [5.41, 5.74) is 0.746. The third kappa shape index (κ3) is 4.50. The molecule has 0 saturated carbocycles. The third-order valence-electron chi connectivity index (χ3n) is 3.39. The smallest absolute Gasteiger partial charge is 0.233 e. The molecular formula is C17H16ClNO4S. The number of halogens is 1. The number of nitrogens with one attached hydrogen (secondary N) is 1. The van der Waals surface area contributed by atoms with E-state index in [-0.39, 0.29) is 12.6 Å². The maximum Gasteiger partial charge on any atom is 0.233 e. The molecule has 7 heteroatoms. The summed E-state index contributed by atoms with van der Waals surface area (Å²) in [5.74, 6) is 1.28. The quantitative estimate of drug-likeness (QED) is 0.884. The maximum absolute atomic E-state index is 12.0. The van der Waals surface area contributed by atoms with Crippen LogP contribution >= 0.6 is 11.6 Å². The number of benzene rings is 2. The molecule has 2 aromatic rings. The molecule has 126 valence electrons. The highest BCUT2D eigenvalue weighted by molar-refractivity contribution is 7.92. The number of hydrogen-bond donors (Lipinski definition) is 1. The summed E-state index contributed by atoms with van der Waals surface area (Å²) >= 11 is 5.79. The first-order chi connectivity index (χ1) is 11.5. The van der Waals surface area contributed by atoms with Crippen LogP contribution in [0.2, 0.25) is 5.02 Å². The van der Waals surface area contributed by atoms with Gasteiger partial charge in [0.15, 0.2) is 11.5 Å². The lowest BCUT2D eigenvalue weighted by molar-refractivity contribution is 0.0943. The van der Waals surface area contributed by atoms with Gasteiger partial charge in [-0.2, -0.15) is 0 Å². The molecule has 1 unspecified atom stereocenters. The predicted molar refractivity (Wildman–Crippen MR) is 93.8 cm³/mol. The summed E-state index contributed by atoms with van der Waals surface area (Å²) in [4.78, 5) is 0. The van der Waals surface area contributed by atoms with Gasteiger partial charge in [-0.15, -0.1) is 0 Å². The second-order valence-corrected chi connectivity index (χ2v) is 7.33. The van der Waals surface area contributed by atoms with Crippen LogP contribution in [0, 0.1) is 0 Å². The fourth-order valence-electron chi connectivity index (χ4n) is 2.16. The van der Waals surface area contributed by atoms with Gasteiger partial charge in [0.05, 0.1) is 6.54 Å². The molecule has 1 heterocycles. The number of rotatable bonds is 5. The van der Waals surface area contributed by atoms with E-state index in [1.54, 1.807) is 30.3 Å². The summed E-state index contributed by atoms with van der Waals surface area (Å²) in [6, 6.07) is 14.2. The van der Waals surface area contributed by atoms with Gasteiger partial charge in [-0.25, -0.2) is 13.1 Å². The van der Waals surface area contributed by atoms with E-state index >= 15 is 0 Å². The van der Waals surface area contributed by atoms with Crippen molar-refractivity contribution in [2.24, 2.45) is 0 Å². The summed E-state index contributed by atoms with van der Waals surface area (Å²) in [7, 11) is -3.57. The Kier molecular flexibility index (Phi) is 5.08. The van der Waals surface area contributed by atoms with E-state index in [1.807, 2.05) is 18.2 Å². The molecule has 0 fully saturated rings. The third-order valence-corrected chi connectivity index (χ3v) is 4.70. The van der Waals surface area contributed by atoms with Crippen LogP contribution in [0.25, 0.3) is 6.08 Å². The number of para-hydroxylation sites is 2. The van der Waals surface area contributed by atoms with Gasteiger partial charge in [0.25, 0.3) is 0 Å². The second-order valence-electron chi connectivity index (χ2n) is 5.25. The molecule has 0 radical (unpaired) electrons. The van der Waals surface area contributed by atoms with Crippen LogP contribution in [0.3, 0.4) is 0 Å². The highest BCUT2D eigenvalue weighted by atomic mass is 35.5. The molecule has 24 heavy (non-hydrogen) atoms. The molecule has 0 bridgehead atoms. The monoisotopic (exact) mass is 365 g/mol. The highest BCUT2D eigenvalue weighted by Crippen LogP contribution is 2.30. The Labute approximate surface area is 145 Å². The lowest BCUT2D eigenvalue weighted by Gasteiger charge is -2.26. The average molecular weight is 366 g/mol. The molecule has 0 amide bonds. The van der Waals surface area contributed by atoms with Crippen LogP contribution in [-0.4, -0.2) is 27.7 Å². The van der Waals surface area contributed by atoms with Gasteiger partial charge in [0.2, 0.25) is 10.0 Å². The van der Waals surface area contributed by atoms with Gasteiger partial charge in [-0.1, -0.05) is 35.9 Å². The molecule has 0 aliphatic carbocycles. The Morgan fingerprint density at radius 1 is 1.12 bits per heavy atom. The molecule has 0 spiro atoms. The van der Waals surface area contributed by atoms with Gasteiger partial charge in [-0.05, 0) is 35.9 Å². The van der Waals surface area contributed by atoms with Crippen LogP contribution in [-0.2, 0) is 10.0 Å². The Hall–Kier alpha value is -2.02. The van der Waals surface area contributed by atoms with Gasteiger partial charge >= 0.3 is 0 Å². The van der Waals surface area contributed by atoms with Crippen LogP contribution < -0.4 is 14.2 Å². The molecule has 1 N–H and O–H groups in total. The summed E-state index contributed by atoms with van der Waals surface area (Å²) in [6.07, 6.45) is 1.13. The molecular weight excluding hydrogens is 350 g/mol. The molecule has 5 nitrogen and oxygen atoms in total. The zero-order valence-corrected chi connectivity index (χ0v) is 14.3. The summed E-state index contributed by atoms with van der Waals surface area (Å²) < 4.78 is 37.8. The van der Waals surface area contributed by atoms with Crippen LogP contribution in [0.1, 0.15) is 5.56 Å². The Balaban J connectivity index is 1.57. The van der Waals surface area contributed by atoms with Crippen molar-refractivity contribution >= 4 is 27.7 Å². The van der Waals surface area contributed by atoms with Crippen LogP contribution in [0.5, 0.6) is 11.5 Å². The van der Waals surface area contributed by atoms with E-state index in [4.69, 9.17) is 21.1 Å². The highest BCUT2D eigenvalue weighted by Gasteiger charge is 2.21. The van der Waals surface area contributed by atoms with Crippen molar-refractivity contribution < 1.29 is 17.9 Å². The van der Waals surface area contributed by atoms with Crippen molar-refractivity contribution in [3.63, 3.8) is 0 Å². The van der Waals surface area contributed by atoms with Crippen molar-refractivity contribution in [2.45, 2.75) is 6.10 Å². The first-order valence-electron chi connectivity index (χ1n) is 7.34. The predicted octanol–water partition coefficient (Wildman–Crippen LogP) is 3.07. The van der Waals surface area contributed by atoms with Gasteiger partial charge < -0.3 is 9.47 Å². The number of fused-ring (bicyclic) bond motifs is 1. The molecule has 0 saturated heterocycles. The van der Waals surface area contributed by atoms with Crippen molar-refractivity contribution in [1.29, 1.82) is 0 Å². The van der Waals surface area contributed by atoms with Crippen molar-refractivity contribution in [3.05, 3.63) is 64.5 Å². The average Bonchev–Trinajstić information content (AvgIpc) is 2.59. The van der Waals surface area contributed by atoms with Gasteiger partial charge in [0.1, 0.15) is 12.7 Å². The van der Waals surface area contributed by atoms with E-state index in [1.165, 1.54) is 6.08 Å².